The van der Waals surface area contributed by atoms with E-state index in [2.05, 4.69) is 42.8 Å². The molecule has 0 spiro atoms. The molecule has 0 saturated carbocycles. The summed E-state index contributed by atoms with van der Waals surface area (Å²) in [5.41, 5.74) is 3.69. The van der Waals surface area contributed by atoms with Crippen molar-refractivity contribution in [3.05, 3.63) is 77.6 Å². The smallest absolute Gasteiger partial charge is 0.251 e. The maximum absolute atomic E-state index is 13.1. The molecule has 0 aliphatic heterocycles. The van der Waals surface area contributed by atoms with Crippen LogP contribution in [0.2, 0.25) is 0 Å². The number of amides is 1. The number of carbonyl (C=O) groups excluding carboxylic acids is 1. The summed E-state index contributed by atoms with van der Waals surface area (Å²) in [5.74, 6) is 2.63. The number of hydrogen-bond donors (Lipinski definition) is 1. The van der Waals surface area contributed by atoms with Gasteiger partial charge in [-0.3, -0.25) is 4.79 Å². The lowest BCUT2D eigenvalue weighted by atomic mass is 9.87. The van der Waals surface area contributed by atoms with Gasteiger partial charge in [-0.1, -0.05) is 45.0 Å². The van der Waals surface area contributed by atoms with Crippen LogP contribution in [-0.4, -0.2) is 43.4 Å². The Morgan fingerprint density at radius 2 is 1.59 bits per heavy atom. The van der Waals surface area contributed by atoms with Crippen molar-refractivity contribution in [1.29, 1.82) is 0 Å². The van der Waals surface area contributed by atoms with Gasteiger partial charge in [0, 0.05) is 12.1 Å². The number of nitrogens with zero attached hydrogens (tertiary/aromatic N) is 2. The summed E-state index contributed by atoms with van der Waals surface area (Å²) in [6.07, 6.45) is 0.787. The van der Waals surface area contributed by atoms with Crippen LogP contribution in [0.5, 0.6) is 23.0 Å². The number of para-hydroxylation sites is 2. The number of ether oxygens (including phenoxy) is 4. The first kappa shape index (κ1) is 27.8. The van der Waals surface area contributed by atoms with E-state index < -0.39 is 0 Å². The third kappa shape index (κ3) is 6.45. The van der Waals surface area contributed by atoms with Crippen molar-refractivity contribution in [1.82, 2.24) is 14.9 Å². The molecule has 8 nitrogen and oxygen atoms in total. The molecule has 1 N–H and O–H groups in total. The second kappa shape index (κ2) is 12.1. The molecule has 0 unspecified atom stereocenters. The third-order valence-electron chi connectivity index (χ3n) is 6.58. The molecule has 0 atom stereocenters. The molecule has 4 aromatic rings. The maximum atomic E-state index is 13.1. The lowest BCUT2D eigenvalue weighted by Gasteiger charge is -2.19. The van der Waals surface area contributed by atoms with E-state index in [1.807, 2.05) is 36.4 Å². The number of aromatic nitrogens is 2. The normalized spacial score (nSPS) is 11.3. The van der Waals surface area contributed by atoms with Gasteiger partial charge < -0.3 is 28.8 Å². The zero-order chi connectivity index (χ0) is 28.0. The molecule has 0 aliphatic rings. The van der Waals surface area contributed by atoms with Crippen molar-refractivity contribution in [2.45, 2.75) is 45.7 Å². The predicted molar refractivity (Wildman–Crippen MR) is 152 cm³/mol. The van der Waals surface area contributed by atoms with Crippen molar-refractivity contribution in [3.63, 3.8) is 0 Å². The molecular formula is C31H37N3O5. The van der Waals surface area contributed by atoms with Gasteiger partial charge in [0.15, 0.2) is 11.5 Å². The van der Waals surface area contributed by atoms with Crippen molar-refractivity contribution in [2.75, 3.05) is 27.9 Å². The predicted octanol–water partition coefficient (Wildman–Crippen LogP) is 5.76. The molecule has 0 aliphatic carbocycles. The Kier molecular flexibility index (Phi) is 8.64. The minimum Gasteiger partial charge on any atom is -0.494 e. The molecule has 1 heterocycles. The molecule has 0 bridgehead atoms. The molecule has 0 saturated heterocycles. The molecule has 206 valence electrons. The average Bonchev–Trinajstić information content (AvgIpc) is 3.30. The largest absolute Gasteiger partial charge is 0.494 e. The summed E-state index contributed by atoms with van der Waals surface area (Å²) in [6, 6.07) is 19.5. The summed E-state index contributed by atoms with van der Waals surface area (Å²) in [5, 5.41) is 2.98. The summed E-state index contributed by atoms with van der Waals surface area (Å²) in [4.78, 5) is 17.8. The van der Waals surface area contributed by atoms with Gasteiger partial charge in [-0.2, -0.15) is 0 Å². The van der Waals surface area contributed by atoms with Crippen LogP contribution in [0.25, 0.3) is 11.0 Å². The summed E-state index contributed by atoms with van der Waals surface area (Å²) in [6.45, 7) is 8.13. The van der Waals surface area contributed by atoms with E-state index in [0.29, 0.717) is 36.0 Å². The van der Waals surface area contributed by atoms with Crippen LogP contribution in [0.1, 0.15) is 48.9 Å². The molecule has 39 heavy (non-hydrogen) atoms. The fourth-order valence-electron chi connectivity index (χ4n) is 4.45. The lowest BCUT2D eigenvalue weighted by Crippen LogP contribution is -2.25. The SMILES string of the molecule is COc1cc(C(=O)NCc2nc3ccccc3n2CCCOc2ccc(C(C)(C)C)cc2)cc(OC)c1OC. The summed E-state index contributed by atoms with van der Waals surface area (Å²) >= 11 is 0. The number of rotatable bonds is 11. The minimum atomic E-state index is -0.269. The molecule has 4 rings (SSSR count). The van der Waals surface area contributed by atoms with Crippen LogP contribution in [0.3, 0.4) is 0 Å². The monoisotopic (exact) mass is 531 g/mol. The fourth-order valence-corrected chi connectivity index (χ4v) is 4.45. The maximum Gasteiger partial charge on any atom is 0.251 e. The molecule has 0 fully saturated rings. The first-order valence-electron chi connectivity index (χ1n) is 13.0. The van der Waals surface area contributed by atoms with Gasteiger partial charge in [0.1, 0.15) is 11.6 Å². The second-order valence-corrected chi connectivity index (χ2v) is 10.2. The van der Waals surface area contributed by atoms with Gasteiger partial charge in [0.25, 0.3) is 5.91 Å². The summed E-state index contributed by atoms with van der Waals surface area (Å²) < 4.78 is 24.3. The summed E-state index contributed by atoms with van der Waals surface area (Å²) in [7, 11) is 4.57. The Hall–Kier alpha value is -4.20. The van der Waals surface area contributed by atoms with E-state index in [-0.39, 0.29) is 17.9 Å². The van der Waals surface area contributed by atoms with Crippen molar-refractivity contribution >= 4 is 16.9 Å². The Bertz CT molecular complexity index is 1400. The topological polar surface area (TPSA) is 83.8 Å². The van der Waals surface area contributed by atoms with E-state index in [0.717, 1.165) is 29.0 Å². The first-order valence-corrected chi connectivity index (χ1v) is 13.0. The Labute approximate surface area is 229 Å². The van der Waals surface area contributed by atoms with Gasteiger partial charge >= 0.3 is 0 Å². The minimum absolute atomic E-state index is 0.109. The standard InChI is InChI=1S/C31H37N3O5/c1-31(2,3)22-12-14-23(15-13-22)39-17-9-16-34-25-11-8-7-10-24(25)33-28(34)20-32-30(35)21-18-26(36-4)29(38-6)27(19-21)37-5/h7-8,10-15,18-19H,9,16-17,20H2,1-6H3,(H,32,35). The Morgan fingerprint density at radius 3 is 2.21 bits per heavy atom. The molecule has 1 aromatic heterocycles. The van der Waals surface area contributed by atoms with Crippen LogP contribution in [0.4, 0.5) is 0 Å². The average molecular weight is 532 g/mol. The van der Waals surface area contributed by atoms with Crippen LogP contribution < -0.4 is 24.3 Å². The number of imidazole rings is 1. The van der Waals surface area contributed by atoms with Crippen molar-refractivity contribution in [2.24, 2.45) is 0 Å². The zero-order valence-corrected chi connectivity index (χ0v) is 23.5. The third-order valence-corrected chi connectivity index (χ3v) is 6.58. The van der Waals surface area contributed by atoms with Gasteiger partial charge in [0.2, 0.25) is 5.75 Å². The van der Waals surface area contributed by atoms with Gasteiger partial charge in [-0.25, -0.2) is 4.98 Å². The first-order chi connectivity index (χ1) is 18.7. The van der Waals surface area contributed by atoms with Gasteiger partial charge in [0.05, 0.1) is 45.5 Å². The van der Waals surface area contributed by atoms with Crippen LogP contribution in [-0.2, 0) is 18.5 Å². The second-order valence-electron chi connectivity index (χ2n) is 10.2. The molecular weight excluding hydrogens is 494 g/mol. The van der Waals surface area contributed by atoms with Crippen LogP contribution in [0, 0.1) is 0 Å². The number of aryl methyl sites for hydroxylation is 1. The number of benzene rings is 3. The highest BCUT2D eigenvalue weighted by molar-refractivity contribution is 5.95. The van der Waals surface area contributed by atoms with Gasteiger partial charge in [-0.05, 0) is 53.8 Å². The number of methoxy groups -OCH3 is 3. The lowest BCUT2D eigenvalue weighted by molar-refractivity contribution is 0.0948. The highest BCUT2D eigenvalue weighted by Crippen LogP contribution is 2.38. The Morgan fingerprint density at radius 1 is 0.923 bits per heavy atom. The van der Waals surface area contributed by atoms with E-state index in [9.17, 15) is 4.79 Å². The number of carbonyl (C=O) groups is 1. The molecule has 8 heteroatoms. The van der Waals surface area contributed by atoms with Crippen LogP contribution in [0.15, 0.2) is 60.7 Å². The Balaban J connectivity index is 1.43. The highest BCUT2D eigenvalue weighted by Gasteiger charge is 2.18. The van der Waals surface area contributed by atoms with Gasteiger partial charge in [-0.15, -0.1) is 0 Å². The molecule has 0 radical (unpaired) electrons. The van der Waals surface area contributed by atoms with Crippen LogP contribution >= 0.6 is 0 Å². The quantitative estimate of drug-likeness (QED) is 0.248. The number of fused-ring (bicyclic) bond motifs is 1. The van der Waals surface area contributed by atoms with Crippen molar-refractivity contribution in [3.8, 4) is 23.0 Å². The van der Waals surface area contributed by atoms with E-state index in [1.165, 1.54) is 26.9 Å². The van der Waals surface area contributed by atoms with E-state index in [4.69, 9.17) is 23.9 Å². The molecule has 3 aromatic carbocycles. The van der Waals surface area contributed by atoms with Crippen molar-refractivity contribution < 1.29 is 23.7 Å². The molecule has 1 amide bonds. The number of nitrogens with one attached hydrogen (secondary N) is 1. The van der Waals surface area contributed by atoms with E-state index in [1.54, 1.807) is 12.1 Å². The fraction of sp³-hybridized carbons (Fsp3) is 0.355. The van der Waals surface area contributed by atoms with E-state index >= 15 is 0 Å². The number of hydrogen-bond acceptors (Lipinski definition) is 6. The highest BCUT2D eigenvalue weighted by atomic mass is 16.5. The zero-order valence-electron chi connectivity index (χ0n) is 23.5.